The lowest BCUT2D eigenvalue weighted by molar-refractivity contribution is -0.116. The number of fused-ring (bicyclic) bond motifs is 1. The van der Waals surface area contributed by atoms with E-state index in [1.165, 1.54) is 0 Å². The monoisotopic (exact) mass is 554 g/mol. The number of anilines is 1. The Kier molecular flexibility index (Phi) is 11.1. The standard InChI is InChI=1S/C30H42N4O6/c1-20-16-34(21(2)19-35)29(37)25-15-24(31-28(36)7-6-14-32(3)4)12-13-26(25)40-27(20)18-33(5)17-22-8-10-23(11-9-22)30(38)39/h8-13,15,20-21,27,35H,6-7,14,16-19H2,1-5H3,(H,31,36)(H,38,39)/t20-,21+,27+/m1/s1. The summed E-state index contributed by atoms with van der Waals surface area (Å²) in [5.74, 6) is -0.942. The van der Waals surface area contributed by atoms with Gasteiger partial charge in [0, 0.05) is 37.7 Å². The van der Waals surface area contributed by atoms with Crippen LogP contribution in [-0.4, -0.2) is 102 Å². The number of benzene rings is 2. The Labute approximate surface area is 236 Å². The lowest BCUT2D eigenvalue weighted by Gasteiger charge is -2.38. The lowest BCUT2D eigenvalue weighted by atomic mass is 9.99. The van der Waals surface area contributed by atoms with E-state index >= 15 is 0 Å². The smallest absolute Gasteiger partial charge is 0.335 e. The van der Waals surface area contributed by atoms with Gasteiger partial charge in [0.1, 0.15) is 11.9 Å². The number of nitrogens with zero attached hydrogens (tertiary/aromatic N) is 3. The van der Waals surface area contributed by atoms with Crippen molar-refractivity contribution in [2.24, 2.45) is 5.92 Å². The summed E-state index contributed by atoms with van der Waals surface area (Å²) in [6.07, 6.45) is 0.831. The minimum Gasteiger partial charge on any atom is -0.488 e. The molecular weight excluding hydrogens is 512 g/mol. The molecule has 0 aliphatic carbocycles. The van der Waals surface area contributed by atoms with Gasteiger partial charge in [0.25, 0.3) is 5.91 Å². The molecule has 2 aromatic carbocycles. The fourth-order valence-corrected chi connectivity index (χ4v) is 4.73. The van der Waals surface area contributed by atoms with Gasteiger partial charge < -0.3 is 30.1 Å². The molecule has 0 radical (unpaired) electrons. The maximum absolute atomic E-state index is 13.6. The van der Waals surface area contributed by atoms with Crippen LogP contribution in [-0.2, 0) is 11.3 Å². The van der Waals surface area contributed by atoms with Gasteiger partial charge in [-0.2, -0.15) is 0 Å². The maximum Gasteiger partial charge on any atom is 0.335 e. The minimum absolute atomic E-state index is 0.0426. The summed E-state index contributed by atoms with van der Waals surface area (Å²) in [6, 6.07) is 11.5. The van der Waals surface area contributed by atoms with E-state index in [1.54, 1.807) is 47.4 Å². The van der Waals surface area contributed by atoms with Crippen LogP contribution in [0.15, 0.2) is 42.5 Å². The zero-order valence-corrected chi connectivity index (χ0v) is 24.1. The Morgan fingerprint density at radius 3 is 2.48 bits per heavy atom. The number of aliphatic hydroxyl groups excluding tert-OH is 1. The van der Waals surface area contributed by atoms with Crippen LogP contribution in [0.5, 0.6) is 5.75 Å². The molecule has 2 aromatic rings. The predicted octanol–water partition coefficient (Wildman–Crippen LogP) is 3.02. The van der Waals surface area contributed by atoms with E-state index in [4.69, 9.17) is 9.84 Å². The highest BCUT2D eigenvalue weighted by atomic mass is 16.5. The van der Waals surface area contributed by atoms with E-state index in [-0.39, 0.29) is 36.0 Å². The Morgan fingerprint density at radius 1 is 1.15 bits per heavy atom. The number of amides is 2. The molecule has 1 heterocycles. The first-order valence-corrected chi connectivity index (χ1v) is 13.7. The summed E-state index contributed by atoms with van der Waals surface area (Å²) in [6.45, 7) is 6.01. The lowest BCUT2D eigenvalue weighted by Crippen LogP contribution is -2.49. The van der Waals surface area contributed by atoms with Crippen LogP contribution < -0.4 is 10.1 Å². The molecule has 3 rings (SSSR count). The van der Waals surface area contributed by atoms with Crippen LogP contribution in [0.25, 0.3) is 0 Å². The first kappa shape index (κ1) is 31.1. The summed E-state index contributed by atoms with van der Waals surface area (Å²) < 4.78 is 6.44. The van der Waals surface area contributed by atoms with Crippen LogP contribution in [0.3, 0.4) is 0 Å². The number of carbonyl (C=O) groups excluding carboxylic acids is 2. The Balaban J connectivity index is 1.80. The molecule has 0 fully saturated rings. The molecule has 0 unspecified atom stereocenters. The Hall–Kier alpha value is -3.47. The Morgan fingerprint density at radius 2 is 1.85 bits per heavy atom. The molecular formula is C30H42N4O6. The van der Waals surface area contributed by atoms with Crippen molar-refractivity contribution in [3.63, 3.8) is 0 Å². The number of carboxylic acid groups (broad SMARTS) is 1. The van der Waals surface area contributed by atoms with Gasteiger partial charge in [-0.3, -0.25) is 14.5 Å². The number of nitrogens with one attached hydrogen (secondary N) is 1. The van der Waals surface area contributed by atoms with Crippen molar-refractivity contribution in [2.45, 2.75) is 45.4 Å². The van der Waals surface area contributed by atoms with Crippen molar-refractivity contribution in [1.29, 1.82) is 0 Å². The molecule has 0 bridgehead atoms. The van der Waals surface area contributed by atoms with Crippen LogP contribution in [0, 0.1) is 5.92 Å². The van der Waals surface area contributed by atoms with E-state index in [9.17, 15) is 19.5 Å². The number of aromatic carboxylic acids is 1. The number of ether oxygens (including phenoxy) is 1. The molecule has 0 saturated heterocycles. The second-order valence-electron chi connectivity index (χ2n) is 11.0. The summed E-state index contributed by atoms with van der Waals surface area (Å²) in [5, 5.41) is 21.9. The van der Waals surface area contributed by atoms with Gasteiger partial charge in [0.2, 0.25) is 5.91 Å². The summed E-state index contributed by atoms with van der Waals surface area (Å²) >= 11 is 0. The van der Waals surface area contributed by atoms with Crippen molar-refractivity contribution >= 4 is 23.5 Å². The van der Waals surface area contributed by atoms with Crippen LogP contribution in [0.1, 0.15) is 53.0 Å². The second-order valence-corrected chi connectivity index (χ2v) is 11.0. The molecule has 3 atom stereocenters. The van der Waals surface area contributed by atoms with E-state index in [0.29, 0.717) is 43.1 Å². The van der Waals surface area contributed by atoms with Crippen molar-refractivity contribution in [2.75, 3.05) is 52.7 Å². The maximum atomic E-state index is 13.6. The van der Waals surface area contributed by atoms with Crippen molar-refractivity contribution in [1.82, 2.24) is 14.7 Å². The quantitative estimate of drug-likeness (QED) is 0.366. The third-order valence-corrected chi connectivity index (χ3v) is 7.10. The molecule has 3 N–H and O–H groups in total. The highest BCUT2D eigenvalue weighted by Gasteiger charge is 2.33. The van der Waals surface area contributed by atoms with Gasteiger partial charge in [0.05, 0.1) is 23.8 Å². The molecule has 0 spiro atoms. The fourth-order valence-electron chi connectivity index (χ4n) is 4.73. The molecule has 0 aromatic heterocycles. The molecule has 0 saturated carbocycles. The predicted molar refractivity (Wildman–Crippen MR) is 154 cm³/mol. The van der Waals surface area contributed by atoms with Gasteiger partial charge in [0.15, 0.2) is 0 Å². The molecule has 218 valence electrons. The summed E-state index contributed by atoms with van der Waals surface area (Å²) in [5.41, 5.74) is 2.08. The SMILES string of the molecule is C[C@@H]1CN([C@@H](C)CO)C(=O)c2cc(NC(=O)CCCN(C)C)ccc2O[C@H]1CN(C)Cc1ccc(C(=O)O)cc1. The van der Waals surface area contributed by atoms with Gasteiger partial charge in [-0.15, -0.1) is 0 Å². The van der Waals surface area contributed by atoms with E-state index in [1.807, 2.05) is 39.9 Å². The second kappa shape index (κ2) is 14.2. The first-order valence-electron chi connectivity index (χ1n) is 13.7. The number of hydrogen-bond donors (Lipinski definition) is 3. The number of rotatable bonds is 12. The zero-order valence-electron chi connectivity index (χ0n) is 24.1. The largest absolute Gasteiger partial charge is 0.488 e. The minimum atomic E-state index is -0.960. The van der Waals surface area contributed by atoms with Crippen LogP contribution in [0.4, 0.5) is 5.69 Å². The normalized spacial score (nSPS) is 18.1. The van der Waals surface area contributed by atoms with E-state index in [0.717, 1.165) is 18.5 Å². The molecule has 10 nitrogen and oxygen atoms in total. The average Bonchev–Trinajstić information content (AvgIpc) is 2.90. The molecule has 40 heavy (non-hydrogen) atoms. The van der Waals surface area contributed by atoms with Crippen molar-refractivity contribution < 1.29 is 29.3 Å². The Bertz CT molecular complexity index is 1170. The summed E-state index contributed by atoms with van der Waals surface area (Å²) in [4.78, 5) is 43.1. The first-order chi connectivity index (χ1) is 19.0. The highest BCUT2D eigenvalue weighted by molar-refractivity contribution is 6.00. The van der Waals surface area contributed by atoms with Gasteiger partial charge >= 0.3 is 5.97 Å². The number of carboxylic acids is 1. The number of aliphatic hydroxyl groups is 1. The molecule has 10 heteroatoms. The topological polar surface area (TPSA) is 123 Å². The van der Waals surface area contributed by atoms with Crippen molar-refractivity contribution in [3.8, 4) is 5.75 Å². The number of likely N-dealkylation sites (N-methyl/N-ethyl adjacent to an activating group) is 1. The average molecular weight is 555 g/mol. The van der Waals surface area contributed by atoms with Crippen molar-refractivity contribution in [3.05, 3.63) is 59.2 Å². The third-order valence-electron chi connectivity index (χ3n) is 7.10. The number of hydrogen-bond acceptors (Lipinski definition) is 7. The van der Waals surface area contributed by atoms with Gasteiger partial charge in [-0.1, -0.05) is 19.1 Å². The number of carbonyl (C=O) groups is 3. The van der Waals surface area contributed by atoms with E-state index in [2.05, 4.69) is 10.2 Å². The highest BCUT2D eigenvalue weighted by Crippen LogP contribution is 2.31. The third kappa shape index (κ3) is 8.51. The molecule has 2 amide bonds. The molecule has 1 aliphatic rings. The van der Waals surface area contributed by atoms with Gasteiger partial charge in [-0.25, -0.2) is 4.79 Å². The van der Waals surface area contributed by atoms with Crippen LogP contribution >= 0.6 is 0 Å². The molecule has 1 aliphatic heterocycles. The fraction of sp³-hybridized carbons (Fsp3) is 0.500. The zero-order chi connectivity index (χ0) is 29.4. The summed E-state index contributed by atoms with van der Waals surface area (Å²) in [7, 11) is 5.89. The van der Waals surface area contributed by atoms with Gasteiger partial charge in [-0.05, 0) is 76.9 Å². The van der Waals surface area contributed by atoms with Crippen LogP contribution in [0.2, 0.25) is 0 Å². The van der Waals surface area contributed by atoms with E-state index < -0.39 is 12.0 Å².